The zero-order valence-corrected chi connectivity index (χ0v) is 22.3. The van der Waals surface area contributed by atoms with Crippen molar-refractivity contribution >= 4 is 11.9 Å². The molecule has 1 heterocycles. The summed E-state index contributed by atoms with van der Waals surface area (Å²) < 4.78 is 45.1. The lowest BCUT2D eigenvalue weighted by atomic mass is 9.98. The highest BCUT2D eigenvalue weighted by Crippen LogP contribution is 2.39. The lowest BCUT2D eigenvalue weighted by Gasteiger charge is -2.26. The lowest BCUT2D eigenvalue weighted by molar-refractivity contribution is -0.122. The molecule has 5 rings (SSSR count). The molecule has 3 aromatic carbocycles. The Morgan fingerprint density at radius 3 is 2.52 bits per heavy atom. The van der Waals surface area contributed by atoms with Gasteiger partial charge >= 0.3 is 5.97 Å². The van der Waals surface area contributed by atoms with Gasteiger partial charge < -0.3 is 19.5 Å². The van der Waals surface area contributed by atoms with E-state index >= 15 is 0 Å². The highest BCUT2D eigenvalue weighted by Gasteiger charge is 2.43. The minimum absolute atomic E-state index is 0.0205. The van der Waals surface area contributed by atoms with Crippen LogP contribution in [0.5, 0.6) is 5.75 Å². The van der Waals surface area contributed by atoms with Crippen LogP contribution in [0.4, 0.5) is 8.78 Å². The normalized spacial score (nSPS) is 18.7. The number of ether oxygens (including phenoxy) is 3. The van der Waals surface area contributed by atoms with Crippen LogP contribution in [0.15, 0.2) is 60.7 Å². The molecule has 7 nitrogen and oxygen atoms in total. The van der Waals surface area contributed by atoms with E-state index in [4.69, 9.17) is 9.47 Å². The molecule has 40 heavy (non-hydrogen) atoms. The summed E-state index contributed by atoms with van der Waals surface area (Å²) >= 11 is 0. The molecule has 0 radical (unpaired) electrons. The Labute approximate surface area is 232 Å². The fraction of sp³-hybridized carbons (Fsp3) is 0.355. The first-order valence-corrected chi connectivity index (χ1v) is 13.4. The SMILES string of the molecule is COC(=O)c1c(F)cccc1-c1ccc(CNC(=O)C2CC2COc2ccc(CN3CCOCC3)cc2)c(F)c1. The van der Waals surface area contributed by atoms with Crippen molar-refractivity contribution in [3.05, 3.63) is 89.0 Å². The van der Waals surface area contributed by atoms with E-state index in [0.29, 0.717) is 17.7 Å². The Kier molecular flexibility index (Phi) is 8.72. The molecule has 2 fully saturated rings. The lowest BCUT2D eigenvalue weighted by Crippen LogP contribution is -2.35. The van der Waals surface area contributed by atoms with Crippen LogP contribution in [-0.4, -0.2) is 56.8 Å². The monoisotopic (exact) mass is 550 g/mol. The van der Waals surface area contributed by atoms with Gasteiger partial charge in [-0.25, -0.2) is 13.6 Å². The van der Waals surface area contributed by atoms with Crippen molar-refractivity contribution in [3.8, 4) is 16.9 Å². The molecule has 2 unspecified atom stereocenters. The maximum atomic E-state index is 14.9. The summed E-state index contributed by atoms with van der Waals surface area (Å²) in [6.07, 6.45) is 0.720. The molecule has 2 atom stereocenters. The van der Waals surface area contributed by atoms with Crippen LogP contribution >= 0.6 is 0 Å². The van der Waals surface area contributed by atoms with Crippen molar-refractivity contribution in [2.24, 2.45) is 11.8 Å². The Hall–Kier alpha value is -3.82. The third-order valence-corrected chi connectivity index (χ3v) is 7.38. The van der Waals surface area contributed by atoms with Crippen molar-refractivity contribution in [2.75, 3.05) is 40.0 Å². The van der Waals surface area contributed by atoms with Gasteiger partial charge in [-0.1, -0.05) is 36.4 Å². The highest BCUT2D eigenvalue weighted by atomic mass is 19.1. The van der Waals surface area contributed by atoms with Gasteiger partial charge in [-0.2, -0.15) is 0 Å². The number of esters is 1. The average molecular weight is 551 g/mol. The number of hydrogen-bond acceptors (Lipinski definition) is 6. The highest BCUT2D eigenvalue weighted by molar-refractivity contribution is 5.97. The van der Waals surface area contributed by atoms with E-state index in [1.807, 2.05) is 12.1 Å². The van der Waals surface area contributed by atoms with Gasteiger partial charge in [0.1, 0.15) is 22.9 Å². The van der Waals surface area contributed by atoms with Gasteiger partial charge in [-0.3, -0.25) is 9.69 Å². The molecular weight excluding hydrogens is 518 g/mol. The maximum absolute atomic E-state index is 14.9. The van der Waals surface area contributed by atoms with E-state index in [0.717, 1.165) is 58.2 Å². The van der Waals surface area contributed by atoms with E-state index in [1.54, 1.807) is 6.07 Å². The van der Waals surface area contributed by atoms with Crippen LogP contribution in [0, 0.1) is 23.5 Å². The molecule has 1 saturated carbocycles. The standard InChI is InChI=1S/C31H32F2N2O5/c1-38-31(37)29-25(3-2-4-27(29)32)21-7-8-22(28(33)16-21)17-34-30(36)26-15-23(26)19-40-24-9-5-20(6-10-24)18-35-11-13-39-14-12-35/h2-10,16,23,26H,11-15,17-19H2,1H3,(H,34,36). The van der Waals surface area contributed by atoms with Crippen molar-refractivity contribution in [3.63, 3.8) is 0 Å². The molecular formula is C31H32F2N2O5. The summed E-state index contributed by atoms with van der Waals surface area (Å²) in [6.45, 7) is 4.77. The molecule has 9 heteroatoms. The Bertz CT molecular complexity index is 1360. The van der Waals surface area contributed by atoms with Gasteiger partial charge in [0.2, 0.25) is 5.91 Å². The molecule has 1 aliphatic carbocycles. The quantitative estimate of drug-likeness (QED) is 0.373. The Morgan fingerprint density at radius 1 is 1.02 bits per heavy atom. The van der Waals surface area contributed by atoms with Gasteiger partial charge in [0, 0.05) is 43.6 Å². The zero-order valence-electron chi connectivity index (χ0n) is 22.3. The summed E-state index contributed by atoms with van der Waals surface area (Å²) in [6, 6.07) is 16.5. The zero-order chi connectivity index (χ0) is 28.1. The number of methoxy groups -OCH3 is 1. The molecule has 3 aromatic rings. The molecule has 0 spiro atoms. The van der Waals surface area contributed by atoms with Crippen LogP contribution in [-0.2, 0) is 27.4 Å². The van der Waals surface area contributed by atoms with E-state index in [9.17, 15) is 18.4 Å². The molecule has 1 aliphatic heterocycles. The molecule has 0 bridgehead atoms. The molecule has 1 saturated heterocycles. The second-order valence-corrected chi connectivity index (χ2v) is 10.1. The number of benzene rings is 3. The van der Waals surface area contributed by atoms with Crippen LogP contribution in [0.3, 0.4) is 0 Å². The van der Waals surface area contributed by atoms with Crippen molar-refractivity contribution in [1.29, 1.82) is 0 Å². The number of nitrogens with zero attached hydrogens (tertiary/aromatic N) is 1. The van der Waals surface area contributed by atoms with Crippen molar-refractivity contribution in [1.82, 2.24) is 10.2 Å². The smallest absolute Gasteiger partial charge is 0.341 e. The van der Waals surface area contributed by atoms with E-state index in [-0.39, 0.29) is 35.4 Å². The van der Waals surface area contributed by atoms with Gasteiger partial charge in [0.15, 0.2) is 0 Å². The number of morpholine rings is 1. The van der Waals surface area contributed by atoms with Crippen LogP contribution in [0.2, 0.25) is 0 Å². The van der Waals surface area contributed by atoms with E-state index < -0.39 is 17.6 Å². The largest absolute Gasteiger partial charge is 0.493 e. The molecule has 0 aromatic heterocycles. The number of halogens is 2. The van der Waals surface area contributed by atoms with Gasteiger partial charge in [-0.05, 0) is 47.4 Å². The van der Waals surface area contributed by atoms with E-state index in [1.165, 1.54) is 29.8 Å². The van der Waals surface area contributed by atoms with Crippen LogP contribution in [0.25, 0.3) is 11.1 Å². The summed E-state index contributed by atoms with van der Waals surface area (Å²) in [5.74, 6) is -1.57. The topological polar surface area (TPSA) is 77.1 Å². The number of carbonyl (C=O) groups excluding carboxylic acids is 2. The molecule has 1 amide bonds. The fourth-order valence-corrected chi connectivity index (χ4v) is 4.91. The predicted octanol–water partition coefficient (Wildman–Crippen LogP) is 4.58. The minimum atomic E-state index is -0.839. The number of carbonyl (C=O) groups is 2. The predicted molar refractivity (Wildman–Crippen MR) is 145 cm³/mol. The number of nitrogens with one attached hydrogen (secondary N) is 1. The summed E-state index contributed by atoms with van der Waals surface area (Å²) in [5.41, 5.74) is 1.82. The minimum Gasteiger partial charge on any atom is -0.493 e. The number of amides is 1. The van der Waals surface area contributed by atoms with Gasteiger partial charge in [0.05, 0.1) is 26.9 Å². The summed E-state index contributed by atoms with van der Waals surface area (Å²) in [4.78, 5) is 27.0. The Balaban J connectivity index is 1.09. The number of hydrogen-bond donors (Lipinski definition) is 1. The summed E-state index contributed by atoms with van der Waals surface area (Å²) in [7, 11) is 1.16. The second kappa shape index (κ2) is 12.6. The second-order valence-electron chi connectivity index (χ2n) is 10.1. The summed E-state index contributed by atoms with van der Waals surface area (Å²) in [5, 5.41) is 2.80. The number of rotatable bonds is 10. The third kappa shape index (κ3) is 6.66. The first-order chi connectivity index (χ1) is 19.4. The third-order valence-electron chi connectivity index (χ3n) is 7.38. The van der Waals surface area contributed by atoms with Crippen molar-refractivity contribution in [2.45, 2.75) is 19.5 Å². The first-order valence-electron chi connectivity index (χ1n) is 13.4. The van der Waals surface area contributed by atoms with Crippen LogP contribution in [0.1, 0.15) is 27.9 Å². The fourth-order valence-electron chi connectivity index (χ4n) is 4.91. The average Bonchev–Trinajstić information content (AvgIpc) is 3.76. The van der Waals surface area contributed by atoms with Crippen molar-refractivity contribution < 1.29 is 32.6 Å². The maximum Gasteiger partial charge on any atom is 0.341 e. The van der Waals surface area contributed by atoms with Crippen LogP contribution < -0.4 is 10.1 Å². The molecule has 1 N–H and O–H groups in total. The molecule has 2 aliphatic rings. The van der Waals surface area contributed by atoms with E-state index in [2.05, 4.69) is 27.1 Å². The Morgan fingerprint density at radius 2 is 1.80 bits per heavy atom. The molecule has 210 valence electrons. The first kappa shape index (κ1) is 27.7. The van der Waals surface area contributed by atoms with Gasteiger partial charge in [0.25, 0.3) is 0 Å². The van der Waals surface area contributed by atoms with Gasteiger partial charge in [-0.15, -0.1) is 0 Å².